The van der Waals surface area contributed by atoms with Crippen molar-refractivity contribution in [3.8, 4) is 0 Å². The van der Waals surface area contributed by atoms with Gasteiger partial charge in [-0.05, 0) is 39.3 Å². The fraction of sp³-hybridized carbons (Fsp3) is 0.471. The van der Waals surface area contributed by atoms with Crippen LogP contribution in [0.5, 0.6) is 0 Å². The molecule has 1 aromatic carbocycles. The minimum absolute atomic E-state index is 0.00636. The van der Waals surface area contributed by atoms with Crippen molar-refractivity contribution in [2.75, 3.05) is 5.32 Å². The number of imidazole rings is 1. The van der Waals surface area contributed by atoms with Crippen molar-refractivity contribution >= 4 is 28.6 Å². The number of hydrogen-bond acceptors (Lipinski definition) is 4. The lowest BCUT2D eigenvalue weighted by Crippen LogP contribution is -2.32. The average molecular weight is 331 g/mol. The molecule has 1 aromatic heterocycles. The van der Waals surface area contributed by atoms with E-state index in [9.17, 15) is 14.4 Å². The number of aromatic nitrogens is 2. The van der Waals surface area contributed by atoms with E-state index in [1.807, 2.05) is 0 Å². The SMILES string of the molecule is CC(C)(C)OC(=O)CC1CCn2c(=O)[nH]c3cccc(c32)NC1=O. The number of aryl methyl sites for hydroxylation is 1. The highest BCUT2D eigenvalue weighted by molar-refractivity contribution is 6.01. The van der Waals surface area contributed by atoms with Crippen LogP contribution in [0.15, 0.2) is 23.0 Å². The number of esters is 1. The van der Waals surface area contributed by atoms with Crippen LogP contribution in [-0.2, 0) is 20.9 Å². The normalized spacial score (nSPS) is 18.0. The fourth-order valence-electron chi connectivity index (χ4n) is 2.96. The van der Waals surface area contributed by atoms with E-state index in [4.69, 9.17) is 4.74 Å². The zero-order chi connectivity index (χ0) is 17.5. The van der Waals surface area contributed by atoms with Gasteiger partial charge in [0.1, 0.15) is 5.60 Å². The van der Waals surface area contributed by atoms with Crippen molar-refractivity contribution in [3.63, 3.8) is 0 Å². The molecule has 7 heteroatoms. The summed E-state index contributed by atoms with van der Waals surface area (Å²) in [4.78, 5) is 39.5. The fourth-order valence-corrected chi connectivity index (χ4v) is 2.96. The molecule has 1 atom stereocenters. The molecule has 0 radical (unpaired) electrons. The molecule has 1 aliphatic rings. The molecule has 0 spiro atoms. The summed E-state index contributed by atoms with van der Waals surface area (Å²) in [6.45, 7) is 5.73. The van der Waals surface area contributed by atoms with Gasteiger partial charge in [0.25, 0.3) is 0 Å². The number of nitrogens with one attached hydrogen (secondary N) is 2. The number of hydrogen-bond donors (Lipinski definition) is 2. The van der Waals surface area contributed by atoms with Gasteiger partial charge in [-0.25, -0.2) is 4.79 Å². The molecule has 0 saturated carbocycles. The topological polar surface area (TPSA) is 93.2 Å². The first-order valence-corrected chi connectivity index (χ1v) is 7.99. The summed E-state index contributed by atoms with van der Waals surface area (Å²) >= 11 is 0. The van der Waals surface area contributed by atoms with Crippen LogP contribution in [0.1, 0.15) is 33.6 Å². The van der Waals surface area contributed by atoms with Crippen molar-refractivity contribution < 1.29 is 14.3 Å². The smallest absolute Gasteiger partial charge is 0.326 e. The molecule has 0 fully saturated rings. The number of carbonyl (C=O) groups is 2. The number of rotatable bonds is 2. The Morgan fingerprint density at radius 3 is 2.79 bits per heavy atom. The largest absolute Gasteiger partial charge is 0.460 e. The van der Waals surface area contributed by atoms with Crippen LogP contribution >= 0.6 is 0 Å². The van der Waals surface area contributed by atoms with Crippen LogP contribution in [0.4, 0.5) is 5.69 Å². The molecule has 0 saturated heterocycles. The summed E-state index contributed by atoms with van der Waals surface area (Å²) in [5.41, 5.74) is 1.13. The van der Waals surface area contributed by atoms with Gasteiger partial charge in [0, 0.05) is 6.54 Å². The van der Waals surface area contributed by atoms with Crippen LogP contribution < -0.4 is 11.0 Å². The van der Waals surface area contributed by atoms with Gasteiger partial charge in [-0.15, -0.1) is 0 Å². The molecule has 2 N–H and O–H groups in total. The molecular formula is C17H21N3O4. The van der Waals surface area contributed by atoms with Gasteiger partial charge in [0.05, 0.1) is 29.1 Å². The van der Waals surface area contributed by atoms with E-state index < -0.39 is 17.5 Å². The lowest BCUT2D eigenvalue weighted by atomic mass is 9.99. The highest BCUT2D eigenvalue weighted by Gasteiger charge is 2.28. The number of para-hydroxylation sites is 1. The Bertz CT molecular complexity index is 857. The maximum atomic E-state index is 12.5. The lowest BCUT2D eigenvalue weighted by molar-refractivity contribution is -0.157. The number of carbonyl (C=O) groups excluding carboxylic acids is 2. The van der Waals surface area contributed by atoms with Crippen LogP contribution in [0.3, 0.4) is 0 Å². The molecule has 24 heavy (non-hydrogen) atoms. The third-order valence-corrected chi connectivity index (χ3v) is 3.96. The quantitative estimate of drug-likeness (QED) is 0.823. The van der Waals surface area contributed by atoms with E-state index >= 15 is 0 Å². The van der Waals surface area contributed by atoms with E-state index in [-0.39, 0.29) is 18.0 Å². The van der Waals surface area contributed by atoms with Crippen molar-refractivity contribution in [3.05, 3.63) is 28.7 Å². The van der Waals surface area contributed by atoms with Gasteiger partial charge < -0.3 is 15.0 Å². The van der Waals surface area contributed by atoms with Gasteiger partial charge in [-0.2, -0.15) is 0 Å². The molecule has 1 amide bonds. The monoisotopic (exact) mass is 331 g/mol. The maximum Gasteiger partial charge on any atom is 0.326 e. The predicted octanol–water partition coefficient (Wildman–Crippen LogP) is 2.02. The first-order valence-electron chi connectivity index (χ1n) is 7.99. The van der Waals surface area contributed by atoms with E-state index in [0.29, 0.717) is 29.7 Å². The second kappa shape index (κ2) is 5.81. The predicted molar refractivity (Wildman–Crippen MR) is 89.8 cm³/mol. The Balaban J connectivity index is 1.86. The number of aromatic amines is 1. The van der Waals surface area contributed by atoms with Gasteiger partial charge in [-0.3, -0.25) is 14.2 Å². The zero-order valence-electron chi connectivity index (χ0n) is 14.0. The highest BCUT2D eigenvalue weighted by Crippen LogP contribution is 2.26. The van der Waals surface area contributed by atoms with Gasteiger partial charge in [0.15, 0.2) is 0 Å². The molecule has 3 rings (SSSR count). The molecule has 7 nitrogen and oxygen atoms in total. The van der Waals surface area contributed by atoms with Gasteiger partial charge in [-0.1, -0.05) is 6.07 Å². The Morgan fingerprint density at radius 2 is 2.08 bits per heavy atom. The molecular weight excluding hydrogens is 310 g/mol. The van der Waals surface area contributed by atoms with E-state index in [2.05, 4.69) is 10.3 Å². The third kappa shape index (κ3) is 3.20. The molecule has 2 aromatic rings. The number of ether oxygens (including phenoxy) is 1. The molecule has 0 aliphatic carbocycles. The number of amides is 1. The summed E-state index contributed by atoms with van der Waals surface area (Å²) in [6.07, 6.45) is 0.389. The second-order valence-corrected chi connectivity index (χ2v) is 7.05. The molecule has 1 unspecified atom stereocenters. The Kier molecular flexibility index (Phi) is 3.95. The third-order valence-electron chi connectivity index (χ3n) is 3.96. The maximum absolute atomic E-state index is 12.5. The summed E-state index contributed by atoms with van der Waals surface area (Å²) in [5.74, 6) is -1.18. The van der Waals surface area contributed by atoms with Crippen LogP contribution in [-0.4, -0.2) is 27.0 Å². The molecule has 0 bridgehead atoms. The van der Waals surface area contributed by atoms with Crippen molar-refractivity contribution in [2.24, 2.45) is 5.92 Å². The van der Waals surface area contributed by atoms with E-state index in [1.54, 1.807) is 43.5 Å². The number of nitrogens with zero attached hydrogens (tertiary/aromatic N) is 1. The minimum atomic E-state index is -0.592. The minimum Gasteiger partial charge on any atom is -0.460 e. The van der Waals surface area contributed by atoms with Crippen LogP contribution in [0, 0.1) is 5.92 Å². The Hall–Kier alpha value is -2.57. The number of benzene rings is 1. The van der Waals surface area contributed by atoms with Gasteiger partial charge in [0.2, 0.25) is 5.91 Å². The van der Waals surface area contributed by atoms with Crippen molar-refractivity contribution in [1.82, 2.24) is 9.55 Å². The zero-order valence-corrected chi connectivity index (χ0v) is 14.0. The molecule has 128 valence electrons. The average Bonchev–Trinajstić information content (AvgIpc) is 2.76. The summed E-state index contributed by atoms with van der Waals surface area (Å²) in [6, 6.07) is 5.31. The second-order valence-electron chi connectivity index (χ2n) is 7.05. The molecule has 1 aliphatic heterocycles. The first kappa shape index (κ1) is 16.3. The Labute approximate surface area is 139 Å². The summed E-state index contributed by atoms with van der Waals surface area (Å²) in [7, 11) is 0. The standard InChI is InChI=1S/C17H21N3O4/c1-17(2,3)24-13(21)9-10-7-8-20-14-11(18-15(10)22)5-4-6-12(14)19-16(20)23/h4-6,10H,7-9H2,1-3H3,(H,18,22)(H,19,23). The lowest BCUT2D eigenvalue weighted by Gasteiger charge is -2.23. The van der Waals surface area contributed by atoms with Gasteiger partial charge >= 0.3 is 11.7 Å². The first-order chi connectivity index (χ1) is 11.2. The highest BCUT2D eigenvalue weighted by atomic mass is 16.6. The number of anilines is 1. The van der Waals surface area contributed by atoms with Crippen LogP contribution in [0.25, 0.3) is 11.0 Å². The van der Waals surface area contributed by atoms with Crippen LogP contribution in [0.2, 0.25) is 0 Å². The van der Waals surface area contributed by atoms with Crippen molar-refractivity contribution in [2.45, 2.75) is 45.8 Å². The van der Waals surface area contributed by atoms with E-state index in [1.165, 1.54) is 0 Å². The summed E-state index contributed by atoms with van der Waals surface area (Å²) in [5, 5.41) is 2.83. The van der Waals surface area contributed by atoms with E-state index in [0.717, 1.165) is 0 Å². The Morgan fingerprint density at radius 1 is 1.33 bits per heavy atom. The molecule has 2 heterocycles. The number of H-pyrrole nitrogens is 1. The summed E-state index contributed by atoms with van der Waals surface area (Å²) < 4.78 is 6.91. The van der Waals surface area contributed by atoms with Crippen molar-refractivity contribution in [1.29, 1.82) is 0 Å².